The molecule has 2 rings (SSSR count). The minimum Gasteiger partial charge on any atom is -0.370 e. The van der Waals surface area contributed by atoms with Crippen LogP contribution in [0.25, 0.3) is 0 Å². The van der Waals surface area contributed by atoms with Crippen LogP contribution in [0.5, 0.6) is 0 Å². The van der Waals surface area contributed by atoms with Gasteiger partial charge in [-0.15, -0.1) is 0 Å². The van der Waals surface area contributed by atoms with Gasteiger partial charge in [-0.3, -0.25) is 0 Å². The van der Waals surface area contributed by atoms with E-state index in [9.17, 15) is 0 Å². The maximum absolute atomic E-state index is 4.61. The molecule has 1 fully saturated rings. The largest absolute Gasteiger partial charge is 0.370 e. The quantitative estimate of drug-likeness (QED) is 0.828. The first-order chi connectivity index (χ1) is 9.75. The third kappa shape index (κ3) is 4.09. The van der Waals surface area contributed by atoms with Crippen molar-refractivity contribution >= 4 is 11.6 Å². The molecule has 2 N–H and O–H groups in total. The summed E-state index contributed by atoms with van der Waals surface area (Å²) in [6.45, 7) is 7.38. The maximum Gasteiger partial charge on any atom is 0.132 e. The molecule has 0 saturated heterocycles. The topological polar surface area (TPSA) is 49.8 Å². The Morgan fingerprint density at radius 2 is 1.75 bits per heavy atom. The van der Waals surface area contributed by atoms with Crippen molar-refractivity contribution < 1.29 is 0 Å². The van der Waals surface area contributed by atoms with E-state index in [0.717, 1.165) is 36.3 Å². The molecule has 0 radical (unpaired) electrons. The van der Waals surface area contributed by atoms with Gasteiger partial charge in [-0.2, -0.15) is 0 Å². The zero-order valence-electron chi connectivity index (χ0n) is 13.1. The minimum absolute atomic E-state index is 0.576. The van der Waals surface area contributed by atoms with Gasteiger partial charge in [0.15, 0.2) is 0 Å². The Bertz CT molecular complexity index is 411. The molecule has 0 bridgehead atoms. The van der Waals surface area contributed by atoms with Gasteiger partial charge in [0.2, 0.25) is 0 Å². The zero-order chi connectivity index (χ0) is 14.4. The van der Waals surface area contributed by atoms with Crippen LogP contribution in [0.3, 0.4) is 0 Å². The summed E-state index contributed by atoms with van der Waals surface area (Å²) in [6, 6.07) is 2.61. The predicted octanol–water partition coefficient (Wildman–Crippen LogP) is 3.85. The van der Waals surface area contributed by atoms with Crippen LogP contribution in [0, 0.1) is 5.92 Å². The Hall–Kier alpha value is -1.32. The molecular formula is C16H28N4. The van der Waals surface area contributed by atoms with Crippen molar-refractivity contribution in [3.05, 3.63) is 11.9 Å². The first-order valence-corrected chi connectivity index (χ1v) is 8.13. The average molecular weight is 276 g/mol. The molecule has 112 valence electrons. The first kappa shape index (κ1) is 15.1. The van der Waals surface area contributed by atoms with E-state index in [1.807, 2.05) is 6.07 Å². The van der Waals surface area contributed by atoms with Crippen LogP contribution >= 0.6 is 0 Å². The molecular weight excluding hydrogens is 248 g/mol. The summed E-state index contributed by atoms with van der Waals surface area (Å²) in [5.74, 6) is 3.76. The van der Waals surface area contributed by atoms with E-state index in [-0.39, 0.29) is 0 Å². The Morgan fingerprint density at radius 1 is 1.05 bits per heavy atom. The first-order valence-electron chi connectivity index (χ1n) is 8.13. The van der Waals surface area contributed by atoms with Crippen LogP contribution < -0.4 is 10.6 Å². The summed E-state index contributed by atoms with van der Waals surface area (Å²) in [7, 11) is 0. The van der Waals surface area contributed by atoms with E-state index in [0.29, 0.717) is 6.04 Å². The van der Waals surface area contributed by atoms with Crippen LogP contribution in [-0.2, 0) is 6.42 Å². The van der Waals surface area contributed by atoms with E-state index in [1.54, 1.807) is 0 Å². The third-order valence-corrected chi connectivity index (χ3v) is 4.22. The summed E-state index contributed by atoms with van der Waals surface area (Å²) >= 11 is 0. The van der Waals surface area contributed by atoms with Gasteiger partial charge >= 0.3 is 0 Å². The Balaban J connectivity index is 1.99. The van der Waals surface area contributed by atoms with Crippen LogP contribution in [-0.4, -0.2) is 22.6 Å². The average Bonchev–Trinajstić information content (AvgIpc) is 2.48. The number of rotatable bonds is 6. The second-order valence-electron chi connectivity index (χ2n) is 5.71. The molecule has 4 nitrogen and oxygen atoms in total. The molecule has 0 atom stereocenters. The minimum atomic E-state index is 0.576. The normalized spacial score (nSPS) is 22.6. The van der Waals surface area contributed by atoms with Crippen molar-refractivity contribution in [1.82, 2.24) is 9.97 Å². The van der Waals surface area contributed by atoms with Gasteiger partial charge in [0.05, 0.1) is 0 Å². The number of anilines is 2. The number of hydrogen-bond donors (Lipinski definition) is 2. The smallest absolute Gasteiger partial charge is 0.132 e. The van der Waals surface area contributed by atoms with Crippen molar-refractivity contribution in [2.45, 2.75) is 65.3 Å². The summed E-state index contributed by atoms with van der Waals surface area (Å²) < 4.78 is 0. The number of aryl methyl sites for hydroxylation is 1. The molecule has 1 aliphatic carbocycles. The highest BCUT2D eigenvalue weighted by atomic mass is 15.1. The highest BCUT2D eigenvalue weighted by molar-refractivity contribution is 5.48. The second kappa shape index (κ2) is 7.46. The lowest BCUT2D eigenvalue weighted by Crippen LogP contribution is -2.26. The molecule has 1 aliphatic rings. The molecule has 20 heavy (non-hydrogen) atoms. The molecule has 0 unspecified atom stereocenters. The molecule has 1 aromatic heterocycles. The Labute approximate surface area is 122 Å². The lowest BCUT2D eigenvalue weighted by molar-refractivity contribution is 0.330. The molecule has 0 aromatic carbocycles. The number of hydrogen-bond acceptors (Lipinski definition) is 4. The third-order valence-electron chi connectivity index (χ3n) is 4.22. The van der Waals surface area contributed by atoms with E-state index in [4.69, 9.17) is 0 Å². The van der Waals surface area contributed by atoms with Crippen molar-refractivity contribution in [2.24, 2.45) is 5.92 Å². The molecule has 4 heteroatoms. The zero-order valence-corrected chi connectivity index (χ0v) is 13.1. The van der Waals surface area contributed by atoms with Gasteiger partial charge in [-0.1, -0.05) is 20.3 Å². The van der Waals surface area contributed by atoms with Crippen LogP contribution in [0.2, 0.25) is 0 Å². The second-order valence-corrected chi connectivity index (χ2v) is 5.71. The standard InChI is InChI=1S/C16H28N4/c1-4-12-7-9-13(10-8-12)18-16-11-15(17-6-3)19-14(5-2)20-16/h11-13H,4-10H2,1-3H3,(H2,17,18,19,20). The molecule has 0 amide bonds. The van der Waals surface area contributed by atoms with Crippen LogP contribution in [0.4, 0.5) is 11.6 Å². The molecule has 0 aliphatic heterocycles. The summed E-state index contributed by atoms with van der Waals surface area (Å²) in [5, 5.41) is 6.89. The fourth-order valence-electron chi connectivity index (χ4n) is 2.93. The molecule has 1 aromatic rings. The van der Waals surface area contributed by atoms with Gasteiger partial charge in [0, 0.05) is 25.1 Å². The fourth-order valence-corrected chi connectivity index (χ4v) is 2.93. The van der Waals surface area contributed by atoms with Crippen molar-refractivity contribution in [1.29, 1.82) is 0 Å². The van der Waals surface area contributed by atoms with E-state index in [2.05, 4.69) is 41.4 Å². The van der Waals surface area contributed by atoms with Crippen molar-refractivity contribution in [2.75, 3.05) is 17.2 Å². The van der Waals surface area contributed by atoms with Gasteiger partial charge in [-0.05, 0) is 38.5 Å². The number of nitrogens with one attached hydrogen (secondary N) is 2. The lowest BCUT2D eigenvalue weighted by Gasteiger charge is -2.28. The molecule has 1 saturated carbocycles. The van der Waals surface area contributed by atoms with Gasteiger partial charge in [0.1, 0.15) is 17.5 Å². The number of nitrogens with zero attached hydrogens (tertiary/aromatic N) is 2. The number of aromatic nitrogens is 2. The van der Waals surface area contributed by atoms with Crippen LogP contribution in [0.15, 0.2) is 6.07 Å². The van der Waals surface area contributed by atoms with Crippen LogP contribution in [0.1, 0.15) is 58.7 Å². The SMILES string of the molecule is CCNc1cc(NC2CCC(CC)CC2)nc(CC)n1. The van der Waals surface area contributed by atoms with Gasteiger partial charge in [0.25, 0.3) is 0 Å². The Kier molecular flexibility index (Phi) is 5.62. The van der Waals surface area contributed by atoms with Crippen molar-refractivity contribution in [3.63, 3.8) is 0 Å². The van der Waals surface area contributed by atoms with E-state index < -0.39 is 0 Å². The Morgan fingerprint density at radius 3 is 2.35 bits per heavy atom. The van der Waals surface area contributed by atoms with Gasteiger partial charge in [-0.25, -0.2) is 9.97 Å². The summed E-state index contributed by atoms with van der Waals surface area (Å²) in [4.78, 5) is 9.10. The monoisotopic (exact) mass is 276 g/mol. The van der Waals surface area contributed by atoms with E-state index >= 15 is 0 Å². The summed E-state index contributed by atoms with van der Waals surface area (Å²) in [5.41, 5.74) is 0. The lowest BCUT2D eigenvalue weighted by atomic mass is 9.84. The summed E-state index contributed by atoms with van der Waals surface area (Å²) in [6.07, 6.45) is 7.42. The fraction of sp³-hybridized carbons (Fsp3) is 0.750. The van der Waals surface area contributed by atoms with Crippen molar-refractivity contribution in [3.8, 4) is 0 Å². The predicted molar refractivity (Wildman–Crippen MR) is 85.2 cm³/mol. The molecule has 0 spiro atoms. The van der Waals surface area contributed by atoms with Gasteiger partial charge < -0.3 is 10.6 Å². The maximum atomic E-state index is 4.61. The highest BCUT2D eigenvalue weighted by Gasteiger charge is 2.20. The molecule has 1 heterocycles. The highest BCUT2D eigenvalue weighted by Crippen LogP contribution is 2.28. The van der Waals surface area contributed by atoms with E-state index in [1.165, 1.54) is 32.1 Å².